The zero-order valence-electron chi connectivity index (χ0n) is 20.7. The molecule has 2 saturated carbocycles. The number of halogens is 2. The Morgan fingerprint density at radius 2 is 1.94 bits per heavy atom. The number of aromatic nitrogens is 4. The fourth-order valence-corrected chi connectivity index (χ4v) is 5.32. The van der Waals surface area contributed by atoms with Crippen LogP contribution in [0.1, 0.15) is 79.8 Å². The summed E-state index contributed by atoms with van der Waals surface area (Å²) in [5.74, 6) is -2.35. The highest BCUT2D eigenvalue weighted by Crippen LogP contribution is 2.51. The minimum absolute atomic E-state index is 0.143. The van der Waals surface area contributed by atoms with Crippen LogP contribution >= 0.6 is 0 Å². The summed E-state index contributed by atoms with van der Waals surface area (Å²) in [7, 11) is 0. The molecule has 0 bridgehead atoms. The number of benzene rings is 1. The molecule has 0 unspecified atom stereocenters. The van der Waals surface area contributed by atoms with Gasteiger partial charge in [0.1, 0.15) is 17.4 Å². The average molecular weight is 483 g/mol. The second-order valence-electron chi connectivity index (χ2n) is 10.8. The molecular weight excluding hydrogens is 450 g/mol. The summed E-state index contributed by atoms with van der Waals surface area (Å²) >= 11 is 0. The monoisotopic (exact) mass is 482 g/mol. The van der Waals surface area contributed by atoms with Gasteiger partial charge in [0.05, 0.1) is 0 Å². The molecule has 0 amide bonds. The van der Waals surface area contributed by atoms with Crippen molar-refractivity contribution in [2.24, 2.45) is 11.8 Å². The van der Waals surface area contributed by atoms with E-state index >= 15 is 0 Å². The number of hydrogen-bond donors (Lipinski definition) is 0. The van der Waals surface area contributed by atoms with Crippen LogP contribution in [0.15, 0.2) is 28.8 Å². The SMILES string of the molecule is Cc1ccc(CC(=O)[C@H]2CC(F)(F)C[C@@H]2c2nnc(-c3cc(CC(C)C)on3)n2C2CC2)c(C)c1. The number of Topliss-reactive ketones (excluding diaryl/α,β-unsaturated/α-hetero) is 1. The molecule has 5 rings (SSSR count). The molecule has 3 aromatic rings. The van der Waals surface area contributed by atoms with E-state index in [0.29, 0.717) is 23.3 Å². The van der Waals surface area contributed by atoms with Crippen LogP contribution in [0.25, 0.3) is 11.5 Å². The Labute approximate surface area is 204 Å². The van der Waals surface area contributed by atoms with E-state index in [4.69, 9.17) is 4.52 Å². The molecule has 0 N–H and O–H groups in total. The van der Waals surface area contributed by atoms with Gasteiger partial charge in [0.2, 0.25) is 5.92 Å². The van der Waals surface area contributed by atoms with Crippen molar-refractivity contribution in [3.05, 3.63) is 52.5 Å². The van der Waals surface area contributed by atoms with E-state index in [-0.39, 0.29) is 18.2 Å². The Kier molecular flexibility index (Phi) is 6.09. The molecule has 2 aliphatic rings. The largest absolute Gasteiger partial charge is 0.361 e. The maximum atomic E-state index is 14.7. The van der Waals surface area contributed by atoms with Gasteiger partial charge in [-0.25, -0.2) is 8.78 Å². The van der Waals surface area contributed by atoms with Crippen molar-refractivity contribution in [2.75, 3.05) is 0 Å². The lowest BCUT2D eigenvalue weighted by atomic mass is 9.87. The summed E-state index contributed by atoms with van der Waals surface area (Å²) < 4.78 is 36.9. The molecule has 2 aliphatic carbocycles. The van der Waals surface area contributed by atoms with Crippen molar-refractivity contribution in [3.8, 4) is 11.5 Å². The minimum Gasteiger partial charge on any atom is -0.361 e. The summed E-state index contributed by atoms with van der Waals surface area (Å²) in [6, 6.07) is 7.90. The van der Waals surface area contributed by atoms with Gasteiger partial charge in [-0.05, 0) is 43.7 Å². The predicted octanol–water partition coefficient (Wildman–Crippen LogP) is 6.02. The third kappa shape index (κ3) is 4.93. The lowest BCUT2D eigenvalue weighted by molar-refractivity contribution is -0.123. The van der Waals surface area contributed by atoms with Crippen LogP contribution in [0.4, 0.5) is 8.78 Å². The third-order valence-corrected chi connectivity index (χ3v) is 7.16. The Morgan fingerprint density at radius 1 is 1.17 bits per heavy atom. The Bertz CT molecular complexity index is 1240. The first-order valence-electron chi connectivity index (χ1n) is 12.5. The highest BCUT2D eigenvalue weighted by Gasteiger charge is 2.52. The van der Waals surface area contributed by atoms with Crippen LogP contribution in [0, 0.1) is 25.7 Å². The number of alkyl halides is 2. The number of nitrogens with zero attached hydrogens (tertiary/aromatic N) is 4. The van der Waals surface area contributed by atoms with Crippen LogP contribution in [0.2, 0.25) is 0 Å². The van der Waals surface area contributed by atoms with Crippen LogP contribution in [-0.4, -0.2) is 31.6 Å². The maximum Gasteiger partial charge on any atom is 0.249 e. The van der Waals surface area contributed by atoms with E-state index < -0.39 is 30.6 Å². The van der Waals surface area contributed by atoms with Gasteiger partial charge in [0, 0.05) is 49.6 Å². The molecule has 2 heterocycles. The number of carbonyl (C=O) groups is 1. The van der Waals surface area contributed by atoms with Crippen molar-refractivity contribution in [3.63, 3.8) is 0 Å². The molecule has 0 saturated heterocycles. The summed E-state index contributed by atoms with van der Waals surface area (Å²) in [6.45, 7) is 8.15. The minimum atomic E-state index is -2.91. The van der Waals surface area contributed by atoms with E-state index in [9.17, 15) is 13.6 Å². The Balaban J connectivity index is 1.46. The fourth-order valence-electron chi connectivity index (χ4n) is 5.32. The van der Waals surface area contributed by atoms with Crippen molar-refractivity contribution in [1.82, 2.24) is 19.9 Å². The standard InChI is InChI=1S/C27H32F2N4O2/c1-15(2)9-20-12-23(32-35-20)26-31-30-25(33(26)19-7-8-19)22-14-27(28,29)13-21(22)24(34)11-18-6-5-16(3)10-17(18)4/h5-6,10,12,15,19,21-22H,7-9,11,13-14H2,1-4H3/t21-,22-/m0/s1. The summed E-state index contributed by atoms with van der Waals surface area (Å²) in [5.41, 5.74) is 3.57. The van der Waals surface area contributed by atoms with E-state index in [1.54, 1.807) is 0 Å². The summed E-state index contributed by atoms with van der Waals surface area (Å²) in [5, 5.41) is 12.9. The molecule has 2 atom stereocenters. The van der Waals surface area contributed by atoms with Gasteiger partial charge < -0.3 is 9.09 Å². The third-order valence-electron chi connectivity index (χ3n) is 7.16. The van der Waals surface area contributed by atoms with Gasteiger partial charge in [-0.3, -0.25) is 4.79 Å². The van der Waals surface area contributed by atoms with Gasteiger partial charge in [-0.2, -0.15) is 0 Å². The quantitative estimate of drug-likeness (QED) is 0.392. The first kappa shape index (κ1) is 23.8. The lowest BCUT2D eigenvalue weighted by Gasteiger charge is -2.19. The number of ketones is 1. The number of aryl methyl sites for hydroxylation is 2. The highest BCUT2D eigenvalue weighted by atomic mass is 19.3. The van der Waals surface area contributed by atoms with Crippen LogP contribution in [-0.2, 0) is 17.6 Å². The van der Waals surface area contributed by atoms with Gasteiger partial charge in [-0.1, -0.05) is 42.8 Å². The highest BCUT2D eigenvalue weighted by molar-refractivity contribution is 5.85. The lowest BCUT2D eigenvalue weighted by Crippen LogP contribution is -2.23. The normalized spacial score (nSPS) is 21.7. The second-order valence-corrected chi connectivity index (χ2v) is 10.8. The smallest absolute Gasteiger partial charge is 0.249 e. The molecule has 8 heteroatoms. The molecule has 0 spiro atoms. The molecule has 2 aromatic heterocycles. The van der Waals surface area contributed by atoms with Crippen molar-refractivity contribution in [2.45, 2.75) is 84.1 Å². The van der Waals surface area contributed by atoms with Crippen molar-refractivity contribution in [1.29, 1.82) is 0 Å². The number of rotatable bonds is 8. The molecule has 35 heavy (non-hydrogen) atoms. The van der Waals surface area contributed by atoms with Gasteiger partial charge in [0.25, 0.3) is 0 Å². The molecule has 0 radical (unpaired) electrons. The molecule has 186 valence electrons. The summed E-state index contributed by atoms with van der Waals surface area (Å²) in [6.07, 6.45) is 1.92. The summed E-state index contributed by atoms with van der Waals surface area (Å²) in [4.78, 5) is 13.4. The zero-order chi connectivity index (χ0) is 24.9. The first-order chi connectivity index (χ1) is 16.6. The van der Waals surface area contributed by atoms with E-state index in [1.165, 1.54) is 0 Å². The molecule has 1 aromatic carbocycles. The maximum absolute atomic E-state index is 14.7. The predicted molar refractivity (Wildman–Crippen MR) is 127 cm³/mol. The fraction of sp³-hybridized carbons (Fsp3) is 0.556. The van der Waals surface area contributed by atoms with E-state index in [2.05, 4.69) is 29.2 Å². The van der Waals surface area contributed by atoms with Crippen molar-refractivity contribution >= 4 is 5.78 Å². The molecule has 2 fully saturated rings. The first-order valence-corrected chi connectivity index (χ1v) is 12.5. The topological polar surface area (TPSA) is 73.8 Å². The van der Waals surface area contributed by atoms with Crippen LogP contribution in [0.5, 0.6) is 0 Å². The second kappa shape index (κ2) is 8.95. The Hall–Kier alpha value is -2.90. The van der Waals surface area contributed by atoms with Gasteiger partial charge >= 0.3 is 0 Å². The van der Waals surface area contributed by atoms with Crippen LogP contribution in [0.3, 0.4) is 0 Å². The van der Waals surface area contributed by atoms with Crippen LogP contribution < -0.4 is 0 Å². The zero-order valence-corrected chi connectivity index (χ0v) is 20.7. The number of hydrogen-bond acceptors (Lipinski definition) is 5. The van der Waals surface area contributed by atoms with Gasteiger partial charge in [-0.15, -0.1) is 10.2 Å². The van der Waals surface area contributed by atoms with E-state index in [1.807, 2.05) is 42.7 Å². The average Bonchev–Trinajstić information content (AvgIpc) is 3.20. The number of carbonyl (C=O) groups excluding carboxylic acids is 1. The molecule has 0 aliphatic heterocycles. The van der Waals surface area contributed by atoms with E-state index in [0.717, 1.165) is 41.7 Å². The molecular formula is C27H32F2N4O2. The van der Waals surface area contributed by atoms with Crippen molar-refractivity contribution < 1.29 is 18.1 Å². The Morgan fingerprint density at radius 3 is 2.63 bits per heavy atom. The van der Waals surface area contributed by atoms with Gasteiger partial charge in [0.15, 0.2) is 11.5 Å². The molecule has 6 nitrogen and oxygen atoms in total.